The maximum absolute atomic E-state index is 11.9. The van der Waals surface area contributed by atoms with Gasteiger partial charge in [0.1, 0.15) is 0 Å². The second-order valence-corrected chi connectivity index (χ2v) is 5.09. The predicted octanol–water partition coefficient (Wildman–Crippen LogP) is 0.0365. The Labute approximate surface area is 102 Å². The van der Waals surface area contributed by atoms with Crippen LogP contribution in [-0.4, -0.2) is 45.1 Å². The number of carbonyl (C=O) groups excluding carboxylic acids is 1. The van der Waals surface area contributed by atoms with Gasteiger partial charge in [0.25, 0.3) is 0 Å². The number of carbonyl (C=O) groups is 1. The highest BCUT2D eigenvalue weighted by molar-refractivity contribution is 7.87. The van der Waals surface area contributed by atoms with Crippen molar-refractivity contribution in [2.45, 2.75) is 32.7 Å². The minimum atomic E-state index is -3.89. The third-order valence-corrected chi connectivity index (χ3v) is 3.93. The Morgan fingerprint density at radius 3 is 2.29 bits per heavy atom. The summed E-state index contributed by atoms with van der Waals surface area (Å²) in [5.41, 5.74) is 5.39. The van der Waals surface area contributed by atoms with Gasteiger partial charge in [0.15, 0.2) is 0 Å². The van der Waals surface area contributed by atoms with Crippen LogP contribution < -0.4 is 10.5 Å². The fourth-order valence-corrected chi connectivity index (χ4v) is 2.98. The van der Waals surface area contributed by atoms with Crippen LogP contribution in [0.15, 0.2) is 0 Å². The van der Waals surface area contributed by atoms with Gasteiger partial charge >= 0.3 is 16.3 Å². The molecule has 0 aliphatic heterocycles. The van der Waals surface area contributed by atoms with E-state index in [4.69, 9.17) is 5.73 Å². The van der Waals surface area contributed by atoms with E-state index < -0.39 is 16.3 Å². The standard InChI is InChI=1S/C9H21N3O4S/c1-4-8(5-2)12(7-6-10)17(14,15)11-9(13)16-3/h8H,4-7,10H2,1-3H3,(H,11,13). The number of nitrogens with two attached hydrogens (primary N) is 1. The van der Waals surface area contributed by atoms with Crippen molar-refractivity contribution in [1.29, 1.82) is 0 Å². The molecule has 0 rings (SSSR count). The third-order valence-electron chi connectivity index (χ3n) is 2.41. The molecule has 3 N–H and O–H groups in total. The third kappa shape index (κ3) is 4.88. The lowest BCUT2D eigenvalue weighted by Crippen LogP contribution is -2.49. The molecule has 0 radical (unpaired) electrons. The number of hydrogen-bond donors (Lipinski definition) is 2. The summed E-state index contributed by atoms with van der Waals surface area (Å²) in [7, 11) is -2.78. The molecule has 0 atom stereocenters. The lowest BCUT2D eigenvalue weighted by atomic mass is 10.2. The van der Waals surface area contributed by atoms with Gasteiger partial charge in [-0.05, 0) is 12.8 Å². The number of nitrogens with zero attached hydrogens (tertiary/aromatic N) is 1. The topological polar surface area (TPSA) is 102 Å². The second-order valence-electron chi connectivity index (χ2n) is 3.47. The zero-order valence-electron chi connectivity index (χ0n) is 10.5. The summed E-state index contributed by atoms with van der Waals surface area (Å²) in [5.74, 6) is 0. The number of amides is 1. The van der Waals surface area contributed by atoms with Gasteiger partial charge in [-0.3, -0.25) is 0 Å². The van der Waals surface area contributed by atoms with Crippen LogP contribution in [0.25, 0.3) is 0 Å². The molecule has 0 unspecified atom stereocenters. The summed E-state index contributed by atoms with van der Waals surface area (Å²) < 4.78 is 31.1. The summed E-state index contributed by atoms with van der Waals surface area (Å²) in [6, 6.07) is -0.180. The van der Waals surface area contributed by atoms with Gasteiger partial charge in [0.05, 0.1) is 7.11 Å². The molecule has 17 heavy (non-hydrogen) atoms. The van der Waals surface area contributed by atoms with Crippen LogP contribution in [0, 0.1) is 0 Å². The number of rotatable bonds is 7. The van der Waals surface area contributed by atoms with E-state index in [1.165, 1.54) is 4.31 Å². The van der Waals surface area contributed by atoms with Gasteiger partial charge in [-0.15, -0.1) is 0 Å². The molecule has 1 amide bonds. The minimum absolute atomic E-state index is 0.165. The molecular weight excluding hydrogens is 246 g/mol. The quantitative estimate of drug-likeness (QED) is 0.678. The van der Waals surface area contributed by atoms with E-state index >= 15 is 0 Å². The van der Waals surface area contributed by atoms with Gasteiger partial charge in [0, 0.05) is 19.1 Å². The normalized spacial score (nSPS) is 11.9. The van der Waals surface area contributed by atoms with Crippen molar-refractivity contribution in [3.05, 3.63) is 0 Å². The zero-order valence-corrected chi connectivity index (χ0v) is 11.3. The molecular formula is C9H21N3O4S. The largest absolute Gasteiger partial charge is 0.452 e. The van der Waals surface area contributed by atoms with Crippen molar-refractivity contribution < 1.29 is 17.9 Å². The molecule has 0 aliphatic carbocycles. The van der Waals surface area contributed by atoms with E-state index in [2.05, 4.69) is 4.74 Å². The number of hydrogen-bond acceptors (Lipinski definition) is 5. The Morgan fingerprint density at radius 1 is 1.41 bits per heavy atom. The Kier molecular flexibility index (Phi) is 7.09. The van der Waals surface area contributed by atoms with Crippen LogP contribution in [0.4, 0.5) is 4.79 Å². The molecule has 0 bridgehead atoms. The van der Waals surface area contributed by atoms with Crippen LogP contribution in [0.2, 0.25) is 0 Å². The van der Waals surface area contributed by atoms with Crippen LogP contribution >= 0.6 is 0 Å². The van der Waals surface area contributed by atoms with Crippen LogP contribution in [0.3, 0.4) is 0 Å². The lowest BCUT2D eigenvalue weighted by molar-refractivity contribution is 0.176. The number of ether oxygens (including phenoxy) is 1. The first-order chi connectivity index (χ1) is 7.92. The lowest BCUT2D eigenvalue weighted by Gasteiger charge is -2.28. The molecule has 8 heteroatoms. The highest BCUT2D eigenvalue weighted by Crippen LogP contribution is 2.12. The molecule has 0 aromatic carbocycles. The number of methoxy groups -OCH3 is 1. The predicted molar refractivity (Wildman–Crippen MR) is 64.6 cm³/mol. The molecule has 0 saturated carbocycles. The van der Waals surface area contributed by atoms with Gasteiger partial charge in [-0.2, -0.15) is 12.7 Å². The van der Waals surface area contributed by atoms with Crippen molar-refractivity contribution >= 4 is 16.3 Å². The van der Waals surface area contributed by atoms with E-state index in [1.54, 1.807) is 0 Å². The van der Waals surface area contributed by atoms with Crippen molar-refractivity contribution in [2.24, 2.45) is 5.73 Å². The van der Waals surface area contributed by atoms with Crippen molar-refractivity contribution in [1.82, 2.24) is 9.03 Å². The highest BCUT2D eigenvalue weighted by Gasteiger charge is 2.29. The molecule has 0 aliphatic rings. The molecule has 0 saturated heterocycles. The summed E-state index contributed by atoms with van der Waals surface area (Å²) in [5, 5.41) is 0. The average Bonchev–Trinajstić information content (AvgIpc) is 2.28. The van der Waals surface area contributed by atoms with E-state index in [9.17, 15) is 13.2 Å². The fraction of sp³-hybridized carbons (Fsp3) is 0.889. The van der Waals surface area contributed by atoms with Crippen molar-refractivity contribution in [3.63, 3.8) is 0 Å². The van der Waals surface area contributed by atoms with Crippen LogP contribution in [0.1, 0.15) is 26.7 Å². The van der Waals surface area contributed by atoms with Crippen LogP contribution in [0.5, 0.6) is 0 Å². The SMILES string of the molecule is CCC(CC)N(CCN)S(=O)(=O)NC(=O)OC. The molecule has 0 heterocycles. The molecule has 0 spiro atoms. The smallest absolute Gasteiger partial charge is 0.421 e. The minimum Gasteiger partial charge on any atom is -0.452 e. The summed E-state index contributed by atoms with van der Waals surface area (Å²) in [6.07, 6.45) is 0.301. The van der Waals surface area contributed by atoms with Gasteiger partial charge < -0.3 is 10.5 Å². The summed E-state index contributed by atoms with van der Waals surface area (Å²) in [4.78, 5) is 11.0. The second kappa shape index (κ2) is 7.46. The van der Waals surface area contributed by atoms with Crippen LogP contribution in [-0.2, 0) is 14.9 Å². The first-order valence-corrected chi connectivity index (χ1v) is 6.94. The average molecular weight is 267 g/mol. The Bertz CT molecular complexity index is 327. The number of nitrogens with one attached hydrogen (secondary N) is 1. The van der Waals surface area contributed by atoms with Gasteiger partial charge in [0.2, 0.25) is 0 Å². The van der Waals surface area contributed by atoms with E-state index in [-0.39, 0.29) is 19.1 Å². The van der Waals surface area contributed by atoms with E-state index in [0.717, 1.165) is 7.11 Å². The Morgan fingerprint density at radius 2 is 1.94 bits per heavy atom. The maximum atomic E-state index is 11.9. The highest BCUT2D eigenvalue weighted by atomic mass is 32.2. The molecule has 7 nitrogen and oxygen atoms in total. The van der Waals surface area contributed by atoms with Gasteiger partial charge in [-0.1, -0.05) is 13.8 Å². The Hall–Kier alpha value is -0.860. The van der Waals surface area contributed by atoms with Crippen molar-refractivity contribution in [3.8, 4) is 0 Å². The Balaban J connectivity index is 4.96. The summed E-state index contributed by atoms with van der Waals surface area (Å²) in [6.45, 7) is 4.12. The molecule has 102 valence electrons. The summed E-state index contributed by atoms with van der Waals surface area (Å²) >= 11 is 0. The molecule has 0 fully saturated rings. The monoisotopic (exact) mass is 267 g/mol. The van der Waals surface area contributed by atoms with E-state index in [1.807, 2.05) is 18.6 Å². The maximum Gasteiger partial charge on any atom is 0.421 e. The van der Waals surface area contributed by atoms with E-state index in [0.29, 0.717) is 12.8 Å². The fourth-order valence-electron chi connectivity index (χ4n) is 1.53. The van der Waals surface area contributed by atoms with Gasteiger partial charge in [-0.25, -0.2) is 9.52 Å². The zero-order chi connectivity index (χ0) is 13.5. The first kappa shape index (κ1) is 16.1. The molecule has 0 aromatic heterocycles. The first-order valence-electron chi connectivity index (χ1n) is 5.50. The molecule has 0 aromatic rings. The van der Waals surface area contributed by atoms with Crippen molar-refractivity contribution in [2.75, 3.05) is 20.2 Å².